The van der Waals surface area contributed by atoms with Crippen molar-refractivity contribution in [3.05, 3.63) is 45.4 Å². The van der Waals surface area contributed by atoms with E-state index < -0.39 is 0 Å². The highest BCUT2D eigenvalue weighted by Crippen LogP contribution is 2.30. The minimum absolute atomic E-state index is 0.0327. The van der Waals surface area contributed by atoms with Crippen molar-refractivity contribution < 1.29 is 9.59 Å². The summed E-state index contributed by atoms with van der Waals surface area (Å²) in [7, 11) is 0. The minimum atomic E-state index is -0.198. The Morgan fingerprint density at radius 2 is 1.93 bits per heavy atom. The molecular weight excluding hydrogens is 382 g/mol. The minimum Gasteiger partial charge on any atom is -0.338 e. The third-order valence-electron chi connectivity index (χ3n) is 5.25. The number of nitrogens with zero attached hydrogens (tertiary/aromatic N) is 2. The van der Waals surface area contributed by atoms with Crippen LogP contribution in [0.4, 0.5) is 5.13 Å². The van der Waals surface area contributed by atoms with Crippen molar-refractivity contribution in [2.75, 3.05) is 18.4 Å². The number of carbonyl (C=O) groups excluding carboxylic acids is 2. The molecule has 1 aliphatic carbocycles. The van der Waals surface area contributed by atoms with E-state index in [2.05, 4.69) is 10.3 Å². The second-order valence-corrected chi connectivity index (χ2v) is 8.70. The maximum absolute atomic E-state index is 12.7. The fraction of sp³-hybridized carbons (Fsp3) is 0.450. The Balaban J connectivity index is 1.40. The van der Waals surface area contributed by atoms with Crippen LogP contribution < -0.4 is 5.32 Å². The van der Waals surface area contributed by atoms with Gasteiger partial charge in [0.05, 0.1) is 11.6 Å². The molecule has 1 fully saturated rings. The Morgan fingerprint density at radius 1 is 1.15 bits per heavy atom. The summed E-state index contributed by atoms with van der Waals surface area (Å²) in [5.74, 6) is -0.278. The number of amides is 2. The van der Waals surface area contributed by atoms with Gasteiger partial charge in [-0.3, -0.25) is 9.59 Å². The molecule has 1 unspecified atom stereocenters. The van der Waals surface area contributed by atoms with E-state index in [0.717, 1.165) is 31.4 Å². The molecule has 5 nitrogen and oxygen atoms in total. The Labute approximate surface area is 167 Å². The van der Waals surface area contributed by atoms with Crippen molar-refractivity contribution in [3.8, 4) is 0 Å². The van der Waals surface area contributed by atoms with Gasteiger partial charge in [0.25, 0.3) is 5.91 Å². The van der Waals surface area contributed by atoms with Crippen LogP contribution >= 0.6 is 22.9 Å². The van der Waals surface area contributed by atoms with Crippen LogP contribution in [0.1, 0.15) is 46.6 Å². The summed E-state index contributed by atoms with van der Waals surface area (Å²) in [6.07, 6.45) is 6.07. The molecule has 1 aliphatic heterocycles. The normalized spacial score (nSPS) is 19.4. The van der Waals surface area contributed by atoms with E-state index in [-0.39, 0.29) is 17.7 Å². The average Bonchev–Trinajstić information content (AvgIpc) is 3.10. The molecule has 4 rings (SSSR count). The lowest BCUT2D eigenvalue weighted by Crippen LogP contribution is -2.43. The lowest BCUT2D eigenvalue weighted by molar-refractivity contribution is -0.121. The molecule has 1 aromatic heterocycles. The second kappa shape index (κ2) is 7.98. The molecule has 0 bridgehead atoms. The molecule has 0 radical (unpaired) electrons. The monoisotopic (exact) mass is 403 g/mol. The fourth-order valence-corrected chi connectivity index (χ4v) is 4.94. The zero-order valence-electron chi connectivity index (χ0n) is 15.0. The summed E-state index contributed by atoms with van der Waals surface area (Å²) in [4.78, 5) is 33.1. The van der Waals surface area contributed by atoms with Crippen molar-refractivity contribution in [2.24, 2.45) is 5.92 Å². The predicted molar refractivity (Wildman–Crippen MR) is 107 cm³/mol. The van der Waals surface area contributed by atoms with Crippen LogP contribution in [0.3, 0.4) is 0 Å². The van der Waals surface area contributed by atoms with E-state index in [1.165, 1.54) is 17.7 Å². The van der Waals surface area contributed by atoms with Gasteiger partial charge in [-0.25, -0.2) is 4.98 Å². The van der Waals surface area contributed by atoms with Gasteiger partial charge in [-0.1, -0.05) is 11.6 Å². The van der Waals surface area contributed by atoms with Crippen molar-refractivity contribution >= 4 is 39.9 Å². The summed E-state index contributed by atoms with van der Waals surface area (Å²) < 4.78 is 0. The molecule has 0 spiro atoms. The van der Waals surface area contributed by atoms with Crippen molar-refractivity contribution in [2.45, 2.75) is 38.5 Å². The van der Waals surface area contributed by atoms with Crippen LogP contribution in [-0.4, -0.2) is 34.8 Å². The standard InChI is InChI=1S/C20H22ClN3O2S/c21-15-9-7-13(8-10-15)19(26)24-11-3-4-14(12-24)18(25)23-20-22-16-5-1-2-6-17(16)27-20/h7-10,14H,1-6,11-12H2,(H,22,23,25). The number of fused-ring (bicyclic) bond motifs is 1. The summed E-state index contributed by atoms with van der Waals surface area (Å²) in [5, 5.41) is 4.30. The molecule has 1 atom stereocenters. The van der Waals surface area contributed by atoms with Crippen molar-refractivity contribution in [3.63, 3.8) is 0 Å². The Kier molecular flexibility index (Phi) is 5.45. The molecule has 1 N–H and O–H groups in total. The lowest BCUT2D eigenvalue weighted by atomic mass is 9.96. The number of thiazole rings is 1. The lowest BCUT2D eigenvalue weighted by Gasteiger charge is -2.32. The third-order valence-corrected chi connectivity index (χ3v) is 6.57. The van der Waals surface area contributed by atoms with Crippen molar-refractivity contribution in [1.82, 2.24) is 9.88 Å². The number of halogens is 1. The summed E-state index contributed by atoms with van der Waals surface area (Å²) in [5.41, 5.74) is 1.75. The summed E-state index contributed by atoms with van der Waals surface area (Å²) in [6, 6.07) is 6.89. The fourth-order valence-electron chi connectivity index (χ4n) is 3.76. The maximum Gasteiger partial charge on any atom is 0.253 e. The third kappa shape index (κ3) is 4.17. The number of piperidine rings is 1. The molecule has 1 saturated heterocycles. The van der Waals surface area contributed by atoms with Gasteiger partial charge in [0, 0.05) is 28.6 Å². The van der Waals surface area contributed by atoms with Crippen molar-refractivity contribution in [1.29, 1.82) is 0 Å². The van der Waals surface area contributed by atoms with Crippen LogP contribution in [-0.2, 0) is 17.6 Å². The van der Waals surface area contributed by atoms with E-state index in [0.29, 0.717) is 28.8 Å². The number of hydrogen-bond acceptors (Lipinski definition) is 4. The molecule has 27 heavy (non-hydrogen) atoms. The highest BCUT2D eigenvalue weighted by Gasteiger charge is 2.29. The Hall–Kier alpha value is -1.92. The van der Waals surface area contributed by atoms with Gasteiger partial charge in [-0.15, -0.1) is 11.3 Å². The molecule has 142 valence electrons. The first kappa shape index (κ1) is 18.4. The van der Waals surface area contributed by atoms with E-state index in [4.69, 9.17) is 11.6 Å². The number of aromatic nitrogens is 1. The zero-order valence-corrected chi connectivity index (χ0v) is 16.6. The molecule has 0 saturated carbocycles. The van der Waals surface area contributed by atoms with Gasteiger partial charge in [0.2, 0.25) is 5.91 Å². The molecular formula is C20H22ClN3O2S. The van der Waals surface area contributed by atoms with Gasteiger partial charge in [-0.2, -0.15) is 0 Å². The molecule has 1 aromatic carbocycles. The van der Waals surface area contributed by atoms with E-state index in [1.54, 1.807) is 40.5 Å². The van der Waals surface area contributed by atoms with E-state index in [9.17, 15) is 9.59 Å². The average molecular weight is 404 g/mol. The molecule has 7 heteroatoms. The SMILES string of the molecule is O=C(Nc1nc2c(s1)CCCC2)C1CCCN(C(=O)c2ccc(Cl)cc2)C1. The number of likely N-dealkylation sites (tertiary alicyclic amines) is 1. The Morgan fingerprint density at radius 3 is 2.70 bits per heavy atom. The maximum atomic E-state index is 12.7. The molecule has 2 aromatic rings. The quantitative estimate of drug-likeness (QED) is 0.836. The van der Waals surface area contributed by atoms with E-state index >= 15 is 0 Å². The molecule has 2 heterocycles. The number of aryl methyl sites for hydroxylation is 2. The topological polar surface area (TPSA) is 62.3 Å². The van der Waals surface area contributed by atoms with E-state index in [1.807, 2.05) is 0 Å². The van der Waals surface area contributed by atoms with Crippen LogP contribution in [0, 0.1) is 5.92 Å². The van der Waals surface area contributed by atoms with Crippen LogP contribution in [0.15, 0.2) is 24.3 Å². The van der Waals surface area contributed by atoms with Crippen LogP contribution in [0.2, 0.25) is 5.02 Å². The summed E-state index contributed by atoms with van der Waals surface area (Å²) in [6.45, 7) is 1.12. The Bertz CT molecular complexity index is 826. The number of rotatable bonds is 3. The largest absolute Gasteiger partial charge is 0.338 e. The van der Waals surface area contributed by atoms with Gasteiger partial charge >= 0.3 is 0 Å². The smallest absolute Gasteiger partial charge is 0.253 e. The summed E-state index contributed by atoms with van der Waals surface area (Å²) >= 11 is 7.50. The number of benzene rings is 1. The number of anilines is 1. The highest BCUT2D eigenvalue weighted by molar-refractivity contribution is 7.15. The molecule has 2 aliphatic rings. The first-order valence-electron chi connectivity index (χ1n) is 9.44. The second-order valence-electron chi connectivity index (χ2n) is 7.18. The van der Waals surface area contributed by atoms with Gasteiger partial charge in [-0.05, 0) is 62.8 Å². The van der Waals surface area contributed by atoms with Crippen LogP contribution in [0.25, 0.3) is 0 Å². The number of hydrogen-bond donors (Lipinski definition) is 1. The molecule has 2 amide bonds. The van der Waals surface area contributed by atoms with Gasteiger partial charge < -0.3 is 10.2 Å². The van der Waals surface area contributed by atoms with Crippen LogP contribution in [0.5, 0.6) is 0 Å². The number of nitrogens with one attached hydrogen (secondary N) is 1. The number of carbonyl (C=O) groups is 2. The van der Waals surface area contributed by atoms with Gasteiger partial charge in [0.1, 0.15) is 0 Å². The first-order valence-corrected chi connectivity index (χ1v) is 10.6. The highest BCUT2D eigenvalue weighted by atomic mass is 35.5. The zero-order chi connectivity index (χ0) is 18.8. The first-order chi connectivity index (χ1) is 13.1. The van der Waals surface area contributed by atoms with Gasteiger partial charge in [0.15, 0.2) is 5.13 Å². The predicted octanol–water partition coefficient (Wildman–Crippen LogP) is 4.17.